The SMILES string of the molecule is NC(=O)CC1Cc2ccc(-c3nc(N4CCC4)nc4c3CCC4)cc2C1. The van der Waals surface area contributed by atoms with Crippen LogP contribution in [0, 0.1) is 5.92 Å². The van der Waals surface area contributed by atoms with Crippen LogP contribution in [-0.4, -0.2) is 29.0 Å². The molecular formula is C21H24N4O. The number of aryl methyl sites for hydroxylation is 1. The van der Waals surface area contributed by atoms with E-state index in [1.165, 1.54) is 40.8 Å². The van der Waals surface area contributed by atoms with Gasteiger partial charge in [0, 0.05) is 36.3 Å². The normalized spacial score (nSPS) is 20.6. The van der Waals surface area contributed by atoms with Gasteiger partial charge in [-0.05, 0) is 61.6 Å². The average Bonchev–Trinajstić information content (AvgIpc) is 3.16. The van der Waals surface area contributed by atoms with Crippen molar-refractivity contribution < 1.29 is 4.79 Å². The van der Waals surface area contributed by atoms with Gasteiger partial charge in [0.15, 0.2) is 0 Å². The second-order valence-electron chi connectivity index (χ2n) is 7.92. The number of hydrogen-bond acceptors (Lipinski definition) is 4. The molecule has 5 nitrogen and oxygen atoms in total. The Labute approximate surface area is 153 Å². The summed E-state index contributed by atoms with van der Waals surface area (Å²) in [6.07, 6.45) is 6.93. The summed E-state index contributed by atoms with van der Waals surface area (Å²) in [7, 11) is 0. The van der Waals surface area contributed by atoms with Crippen LogP contribution in [-0.2, 0) is 30.5 Å². The Kier molecular flexibility index (Phi) is 3.69. The molecule has 0 spiro atoms. The van der Waals surface area contributed by atoms with Crippen molar-refractivity contribution in [3.8, 4) is 11.3 Å². The van der Waals surface area contributed by atoms with Crippen LogP contribution in [0.15, 0.2) is 18.2 Å². The number of anilines is 1. The molecule has 134 valence electrons. The van der Waals surface area contributed by atoms with Crippen molar-refractivity contribution in [1.29, 1.82) is 0 Å². The Bertz CT molecular complexity index is 888. The molecule has 1 fully saturated rings. The van der Waals surface area contributed by atoms with Gasteiger partial charge in [-0.2, -0.15) is 0 Å². The molecule has 2 heterocycles. The van der Waals surface area contributed by atoms with Crippen molar-refractivity contribution in [2.75, 3.05) is 18.0 Å². The topological polar surface area (TPSA) is 72.1 Å². The number of carbonyl (C=O) groups is 1. The fraction of sp³-hybridized carbons (Fsp3) is 0.476. The highest BCUT2D eigenvalue weighted by atomic mass is 16.1. The summed E-state index contributed by atoms with van der Waals surface area (Å²) in [5.74, 6) is 1.06. The number of amides is 1. The van der Waals surface area contributed by atoms with E-state index in [0.29, 0.717) is 12.3 Å². The quantitative estimate of drug-likeness (QED) is 0.921. The maximum Gasteiger partial charge on any atom is 0.226 e. The van der Waals surface area contributed by atoms with Gasteiger partial charge in [-0.25, -0.2) is 9.97 Å². The highest BCUT2D eigenvalue weighted by Crippen LogP contribution is 2.36. The number of benzene rings is 1. The van der Waals surface area contributed by atoms with Gasteiger partial charge in [-0.3, -0.25) is 4.79 Å². The minimum Gasteiger partial charge on any atom is -0.370 e. The molecule has 1 atom stereocenters. The smallest absolute Gasteiger partial charge is 0.226 e. The number of hydrogen-bond donors (Lipinski definition) is 1. The van der Waals surface area contributed by atoms with Crippen LogP contribution in [0.2, 0.25) is 0 Å². The van der Waals surface area contributed by atoms with Gasteiger partial charge in [0.2, 0.25) is 11.9 Å². The lowest BCUT2D eigenvalue weighted by molar-refractivity contribution is -0.118. The first-order valence-corrected chi connectivity index (χ1v) is 9.72. The molecule has 1 aromatic carbocycles. The Morgan fingerprint density at radius 3 is 2.73 bits per heavy atom. The van der Waals surface area contributed by atoms with E-state index in [1.54, 1.807) is 0 Å². The van der Waals surface area contributed by atoms with Crippen LogP contribution in [0.3, 0.4) is 0 Å². The molecule has 5 heteroatoms. The van der Waals surface area contributed by atoms with E-state index in [2.05, 4.69) is 23.1 Å². The van der Waals surface area contributed by atoms with E-state index >= 15 is 0 Å². The third-order valence-electron chi connectivity index (χ3n) is 6.05. The van der Waals surface area contributed by atoms with E-state index in [0.717, 1.165) is 50.4 Å². The van der Waals surface area contributed by atoms with E-state index < -0.39 is 0 Å². The molecular weight excluding hydrogens is 324 g/mol. The van der Waals surface area contributed by atoms with Crippen LogP contribution in [0.5, 0.6) is 0 Å². The standard InChI is InChI=1S/C21H24N4O/c22-19(26)11-13-9-14-5-6-15(12-16(14)10-13)20-17-3-1-4-18(17)23-21(24-20)25-7-2-8-25/h5-6,12-13H,1-4,7-11H2,(H2,22,26). The Morgan fingerprint density at radius 1 is 1.12 bits per heavy atom. The Balaban J connectivity index is 1.51. The molecule has 1 saturated heterocycles. The lowest BCUT2D eigenvalue weighted by atomic mass is 10.0. The maximum atomic E-state index is 11.3. The molecule has 0 saturated carbocycles. The molecule has 2 aliphatic carbocycles. The second-order valence-corrected chi connectivity index (χ2v) is 7.92. The Hall–Kier alpha value is -2.43. The second kappa shape index (κ2) is 6.08. The number of carbonyl (C=O) groups excluding carboxylic acids is 1. The monoisotopic (exact) mass is 348 g/mol. The lowest BCUT2D eigenvalue weighted by Gasteiger charge is -2.31. The summed E-state index contributed by atoms with van der Waals surface area (Å²) in [4.78, 5) is 23.3. The molecule has 0 bridgehead atoms. The molecule has 0 radical (unpaired) electrons. The van der Waals surface area contributed by atoms with Gasteiger partial charge >= 0.3 is 0 Å². The van der Waals surface area contributed by atoms with Crippen LogP contribution >= 0.6 is 0 Å². The fourth-order valence-corrected chi connectivity index (χ4v) is 4.60. The zero-order valence-corrected chi connectivity index (χ0v) is 15.0. The molecule has 1 amide bonds. The minimum absolute atomic E-state index is 0.198. The Morgan fingerprint density at radius 2 is 1.96 bits per heavy atom. The molecule has 1 aliphatic heterocycles. The third-order valence-corrected chi connectivity index (χ3v) is 6.05. The molecule has 5 rings (SSSR count). The van der Waals surface area contributed by atoms with Crippen molar-refractivity contribution in [2.24, 2.45) is 11.7 Å². The third kappa shape index (κ3) is 2.66. The predicted octanol–water partition coefficient (Wildman–Crippen LogP) is 2.43. The van der Waals surface area contributed by atoms with Gasteiger partial charge in [0.1, 0.15) is 0 Å². The number of nitrogens with zero attached hydrogens (tertiary/aromatic N) is 3. The average molecular weight is 348 g/mol. The van der Waals surface area contributed by atoms with Crippen molar-refractivity contribution in [3.05, 3.63) is 40.6 Å². The van der Waals surface area contributed by atoms with Crippen molar-refractivity contribution in [2.45, 2.75) is 44.9 Å². The summed E-state index contributed by atoms with van der Waals surface area (Å²) < 4.78 is 0. The predicted molar refractivity (Wildman–Crippen MR) is 101 cm³/mol. The van der Waals surface area contributed by atoms with Gasteiger partial charge in [0.25, 0.3) is 0 Å². The zero-order valence-electron chi connectivity index (χ0n) is 15.0. The molecule has 26 heavy (non-hydrogen) atoms. The number of aromatic nitrogens is 2. The highest BCUT2D eigenvalue weighted by molar-refractivity contribution is 5.74. The lowest BCUT2D eigenvalue weighted by Crippen LogP contribution is -2.38. The van der Waals surface area contributed by atoms with Crippen LogP contribution < -0.4 is 10.6 Å². The van der Waals surface area contributed by atoms with E-state index in [9.17, 15) is 4.79 Å². The first-order valence-electron chi connectivity index (χ1n) is 9.72. The first-order chi connectivity index (χ1) is 12.7. The summed E-state index contributed by atoms with van der Waals surface area (Å²) in [6, 6.07) is 6.71. The molecule has 1 unspecified atom stereocenters. The fourth-order valence-electron chi connectivity index (χ4n) is 4.60. The number of rotatable bonds is 4. The highest BCUT2D eigenvalue weighted by Gasteiger charge is 2.27. The van der Waals surface area contributed by atoms with E-state index in [1.807, 2.05) is 0 Å². The van der Waals surface area contributed by atoms with Gasteiger partial charge in [-0.1, -0.05) is 12.1 Å². The molecule has 3 aliphatic rings. The van der Waals surface area contributed by atoms with Crippen molar-refractivity contribution >= 4 is 11.9 Å². The van der Waals surface area contributed by atoms with Crippen LogP contribution in [0.1, 0.15) is 41.6 Å². The van der Waals surface area contributed by atoms with E-state index in [4.69, 9.17) is 15.7 Å². The largest absolute Gasteiger partial charge is 0.370 e. The van der Waals surface area contributed by atoms with Gasteiger partial charge in [-0.15, -0.1) is 0 Å². The summed E-state index contributed by atoms with van der Waals surface area (Å²) in [5.41, 5.74) is 13.0. The van der Waals surface area contributed by atoms with Crippen molar-refractivity contribution in [3.63, 3.8) is 0 Å². The zero-order chi connectivity index (χ0) is 17.7. The van der Waals surface area contributed by atoms with Crippen molar-refractivity contribution in [1.82, 2.24) is 9.97 Å². The number of fused-ring (bicyclic) bond motifs is 2. The summed E-state index contributed by atoms with van der Waals surface area (Å²) >= 11 is 0. The van der Waals surface area contributed by atoms with Crippen LogP contribution in [0.4, 0.5) is 5.95 Å². The van der Waals surface area contributed by atoms with Gasteiger partial charge in [0.05, 0.1) is 5.69 Å². The number of primary amides is 1. The van der Waals surface area contributed by atoms with Gasteiger partial charge < -0.3 is 10.6 Å². The summed E-state index contributed by atoms with van der Waals surface area (Å²) in [6.45, 7) is 2.13. The first kappa shape index (κ1) is 15.8. The maximum absolute atomic E-state index is 11.3. The molecule has 2 aromatic rings. The summed E-state index contributed by atoms with van der Waals surface area (Å²) in [5, 5.41) is 0. The number of nitrogens with two attached hydrogens (primary N) is 1. The molecule has 2 N–H and O–H groups in total. The van der Waals surface area contributed by atoms with Crippen LogP contribution in [0.25, 0.3) is 11.3 Å². The molecule has 1 aromatic heterocycles. The van der Waals surface area contributed by atoms with E-state index in [-0.39, 0.29) is 5.91 Å². The minimum atomic E-state index is -0.198.